The van der Waals surface area contributed by atoms with Crippen molar-refractivity contribution in [2.45, 2.75) is 32.4 Å². The normalized spacial score (nSPS) is 13.1. The Morgan fingerprint density at radius 2 is 1.38 bits per heavy atom. The monoisotopic (exact) mass is 635 g/mol. The molecule has 0 bridgehead atoms. The maximum Gasteiger partial charge on any atom is 0.227 e. The predicted octanol–water partition coefficient (Wildman–Crippen LogP) is 5.99. The SMILES string of the molecule is COc1ccc(CN(C(=O)CCC(=O)N(CCc2ccccc2)Cc2ccccc2)c2cccc(OCCN3CCOCC3)c2)cc1. The molecule has 0 aromatic heterocycles. The molecule has 1 heterocycles. The van der Waals surface area contributed by atoms with Gasteiger partial charge < -0.3 is 24.0 Å². The van der Waals surface area contributed by atoms with Crippen LogP contribution in [0.5, 0.6) is 11.5 Å². The standard InChI is InChI=1S/C39H45N3O5/c1-45-36-17-15-34(16-18-36)31-42(35-13-8-14-37(29-35)47-28-25-40-23-26-46-27-24-40)39(44)20-19-38(43)41(30-33-11-6-3-7-12-33)22-21-32-9-4-2-5-10-32/h2-18,29H,19-28,30-31H2,1H3. The van der Waals surface area contributed by atoms with Gasteiger partial charge in [-0.1, -0.05) is 78.9 Å². The second-order valence-corrected chi connectivity index (χ2v) is 11.7. The lowest BCUT2D eigenvalue weighted by molar-refractivity contribution is -0.133. The van der Waals surface area contributed by atoms with Crippen molar-refractivity contribution in [3.05, 3.63) is 126 Å². The van der Waals surface area contributed by atoms with Crippen molar-refractivity contribution in [3.63, 3.8) is 0 Å². The van der Waals surface area contributed by atoms with E-state index in [1.165, 1.54) is 5.56 Å². The van der Waals surface area contributed by atoms with Gasteiger partial charge in [0.05, 0.1) is 26.9 Å². The minimum atomic E-state index is -0.123. The van der Waals surface area contributed by atoms with Gasteiger partial charge in [-0.25, -0.2) is 0 Å². The number of rotatable bonds is 16. The van der Waals surface area contributed by atoms with Crippen LogP contribution in [0.15, 0.2) is 109 Å². The van der Waals surface area contributed by atoms with Crippen LogP contribution in [0.1, 0.15) is 29.5 Å². The highest BCUT2D eigenvalue weighted by Crippen LogP contribution is 2.25. The molecule has 8 heteroatoms. The third kappa shape index (κ3) is 10.7. The molecule has 0 saturated carbocycles. The fourth-order valence-corrected chi connectivity index (χ4v) is 5.61. The van der Waals surface area contributed by atoms with Crippen LogP contribution in [0, 0.1) is 0 Å². The molecule has 4 aromatic rings. The van der Waals surface area contributed by atoms with E-state index in [0.29, 0.717) is 32.0 Å². The van der Waals surface area contributed by atoms with Crippen LogP contribution in [-0.2, 0) is 33.8 Å². The Bertz CT molecular complexity index is 1530. The van der Waals surface area contributed by atoms with Crippen molar-refractivity contribution in [1.82, 2.24) is 9.80 Å². The fourth-order valence-electron chi connectivity index (χ4n) is 5.61. The zero-order valence-electron chi connectivity index (χ0n) is 27.3. The molecule has 5 rings (SSSR count). The predicted molar refractivity (Wildman–Crippen MR) is 185 cm³/mol. The van der Waals surface area contributed by atoms with Crippen LogP contribution >= 0.6 is 0 Å². The lowest BCUT2D eigenvalue weighted by atomic mass is 10.1. The van der Waals surface area contributed by atoms with Gasteiger partial charge in [0.25, 0.3) is 0 Å². The van der Waals surface area contributed by atoms with Gasteiger partial charge in [0.1, 0.15) is 18.1 Å². The molecule has 0 radical (unpaired) electrons. The largest absolute Gasteiger partial charge is 0.497 e. The fraction of sp³-hybridized carbons (Fsp3) is 0.333. The van der Waals surface area contributed by atoms with Gasteiger partial charge >= 0.3 is 0 Å². The molecular formula is C39H45N3O5. The van der Waals surface area contributed by atoms with E-state index in [-0.39, 0.29) is 24.7 Å². The number of morpholine rings is 1. The first kappa shape index (κ1) is 33.7. The van der Waals surface area contributed by atoms with E-state index in [1.54, 1.807) is 12.0 Å². The molecule has 0 N–H and O–H groups in total. The number of benzene rings is 4. The Balaban J connectivity index is 1.27. The summed E-state index contributed by atoms with van der Waals surface area (Å²) in [6.07, 6.45) is 0.957. The highest BCUT2D eigenvalue weighted by molar-refractivity contribution is 5.95. The summed E-state index contributed by atoms with van der Waals surface area (Å²) in [5, 5.41) is 0. The molecule has 2 amide bonds. The van der Waals surface area contributed by atoms with Crippen molar-refractivity contribution >= 4 is 17.5 Å². The number of hydrogen-bond donors (Lipinski definition) is 0. The van der Waals surface area contributed by atoms with E-state index in [2.05, 4.69) is 17.0 Å². The first-order chi connectivity index (χ1) is 23.1. The molecule has 1 aliphatic heterocycles. The molecule has 0 aliphatic carbocycles. The smallest absolute Gasteiger partial charge is 0.227 e. The first-order valence-electron chi connectivity index (χ1n) is 16.4. The summed E-state index contributed by atoms with van der Waals surface area (Å²) in [5.74, 6) is 1.29. The number of carbonyl (C=O) groups excluding carboxylic acids is 2. The van der Waals surface area contributed by atoms with Crippen LogP contribution in [0.25, 0.3) is 0 Å². The van der Waals surface area contributed by atoms with Crippen molar-refractivity contribution in [3.8, 4) is 11.5 Å². The summed E-state index contributed by atoms with van der Waals surface area (Å²) in [6, 6.07) is 35.5. The van der Waals surface area contributed by atoms with Gasteiger partial charge in [-0.2, -0.15) is 0 Å². The minimum Gasteiger partial charge on any atom is -0.497 e. The van der Waals surface area contributed by atoms with Crippen LogP contribution in [-0.4, -0.2) is 74.7 Å². The third-order valence-electron chi connectivity index (χ3n) is 8.34. The highest BCUT2D eigenvalue weighted by Gasteiger charge is 2.21. The average molecular weight is 636 g/mol. The maximum absolute atomic E-state index is 13.9. The number of amides is 2. The minimum absolute atomic E-state index is 0.0391. The van der Waals surface area contributed by atoms with Gasteiger partial charge in [0, 0.05) is 57.3 Å². The van der Waals surface area contributed by atoms with E-state index in [0.717, 1.165) is 61.8 Å². The third-order valence-corrected chi connectivity index (χ3v) is 8.34. The topological polar surface area (TPSA) is 71.5 Å². The molecule has 0 atom stereocenters. The number of carbonyl (C=O) groups is 2. The van der Waals surface area contributed by atoms with E-state index in [9.17, 15) is 9.59 Å². The Kier molecular flexibility index (Phi) is 12.8. The molecule has 246 valence electrons. The Hall–Kier alpha value is -4.66. The van der Waals surface area contributed by atoms with Gasteiger partial charge in [0.15, 0.2) is 0 Å². The average Bonchev–Trinajstić information content (AvgIpc) is 3.13. The molecule has 0 unspecified atom stereocenters. The van der Waals surface area contributed by atoms with Crippen LogP contribution < -0.4 is 14.4 Å². The Morgan fingerprint density at radius 3 is 2.09 bits per heavy atom. The highest BCUT2D eigenvalue weighted by atomic mass is 16.5. The molecule has 8 nitrogen and oxygen atoms in total. The lowest BCUT2D eigenvalue weighted by Gasteiger charge is -2.27. The Labute approximate surface area is 278 Å². The maximum atomic E-state index is 13.9. The van der Waals surface area contributed by atoms with Gasteiger partial charge in [-0.15, -0.1) is 0 Å². The molecule has 1 aliphatic rings. The number of methoxy groups -OCH3 is 1. The van der Waals surface area contributed by atoms with Crippen LogP contribution in [0.3, 0.4) is 0 Å². The van der Waals surface area contributed by atoms with Gasteiger partial charge in [-0.05, 0) is 47.4 Å². The summed E-state index contributed by atoms with van der Waals surface area (Å²) in [4.78, 5) is 33.5. The molecule has 1 fully saturated rings. The number of anilines is 1. The second kappa shape index (κ2) is 17.9. The van der Waals surface area contributed by atoms with E-state index >= 15 is 0 Å². The summed E-state index contributed by atoms with van der Waals surface area (Å²) >= 11 is 0. The van der Waals surface area contributed by atoms with E-state index < -0.39 is 0 Å². The number of nitrogens with zero attached hydrogens (tertiary/aromatic N) is 3. The quantitative estimate of drug-likeness (QED) is 0.151. The molecule has 47 heavy (non-hydrogen) atoms. The first-order valence-corrected chi connectivity index (χ1v) is 16.4. The van der Waals surface area contributed by atoms with Gasteiger partial charge in [-0.3, -0.25) is 14.5 Å². The van der Waals surface area contributed by atoms with Crippen molar-refractivity contribution in [1.29, 1.82) is 0 Å². The summed E-state index contributed by atoms with van der Waals surface area (Å²) < 4.78 is 16.9. The van der Waals surface area contributed by atoms with Crippen molar-refractivity contribution < 1.29 is 23.8 Å². The van der Waals surface area contributed by atoms with Crippen molar-refractivity contribution in [2.75, 3.05) is 58.0 Å². The number of hydrogen-bond acceptors (Lipinski definition) is 6. The van der Waals surface area contributed by atoms with E-state index in [4.69, 9.17) is 14.2 Å². The molecular weight excluding hydrogens is 590 g/mol. The summed E-state index contributed by atoms with van der Waals surface area (Å²) in [5.41, 5.74) is 3.92. The zero-order valence-corrected chi connectivity index (χ0v) is 27.3. The molecule has 4 aromatic carbocycles. The van der Waals surface area contributed by atoms with Crippen LogP contribution in [0.2, 0.25) is 0 Å². The van der Waals surface area contributed by atoms with Crippen LogP contribution in [0.4, 0.5) is 5.69 Å². The summed E-state index contributed by atoms with van der Waals surface area (Å²) in [7, 11) is 1.63. The second-order valence-electron chi connectivity index (χ2n) is 11.7. The molecule has 1 saturated heterocycles. The summed E-state index contributed by atoms with van der Waals surface area (Å²) in [6.45, 7) is 6.09. The lowest BCUT2D eigenvalue weighted by Crippen LogP contribution is -2.38. The zero-order chi connectivity index (χ0) is 32.7. The number of ether oxygens (including phenoxy) is 3. The van der Waals surface area contributed by atoms with Gasteiger partial charge in [0.2, 0.25) is 11.8 Å². The van der Waals surface area contributed by atoms with Crippen molar-refractivity contribution in [2.24, 2.45) is 0 Å². The molecule has 0 spiro atoms. The Morgan fingerprint density at radius 1 is 0.723 bits per heavy atom. The van der Waals surface area contributed by atoms with E-state index in [1.807, 2.05) is 102 Å².